The molecule has 2 nitrogen and oxygen atoms in total. The molecule has 2 saturated heterocycles. The Morgan fingerprint density at radius 2 is 1.94 bits per heavy atom. The molecule has 2 atom stereocenters. The van der Waals surface area contributed by atoms with E-state index in [4.69, 9.17) is 11.6 Å². The van der Waals surface area contributed by atoms with Crippen molar-refractivity contribution >= 4 is 17.3 Å². The fourth-order valence-electron chi connectivity index (χ4n) is 3.28. The van der Waals surface area contributed by atoms with Gasteiger partial charge in [0, 0.05) is 23.8 Å². The molecule has 2 fully saturated rings. The van der Waals surface area contributed by atoms with Gasteiger partial charge in [0.1, 0.15) is 0 Å². The summed E-state index contributed by atoms with van der Waals surface area (Å²) in [5.41, 5.74) is 2.66. The van der Waals surface area contributed by atoms with Gasteiger partial charge in [0.2, 0.25) is 0 Å². The van der Waals surface area contributed by atoms with E-state index in [9.17, 15) is 0 Å². The standard InChI is InChI=1S/C14H19ClN2/c1-10-4-13(15)2-3-14(10)17-8-11-5-12(9-17)7-16-6-11/h2-4,11-12,16H,5-9H2,1H3. The maximum atomic E-state index is 6.02. The first kappa shape index (κ1) is 11.4. The Morgan fingerprint density at radius 3 is 2.59 bits per heavy atom. The number of fused-ring (bicyclic) bond motifs is 2. The first-order chi connectivity index (χ1) is 8.22. The molecular weight excluding hydrogens is 232 g/mol. The van der Waals surface area contributed by atoms with Gasteiger partial charge in [-0.25, -0.2) is 0 Å². The van der Waals surface area contributed by atoms with Crippen molar-refractivity contribution in [2.24, 2.45) is 11.8 Å². The zero-order chi connectivity index (χ0) is 11.8. The van der Waals surface area contributed by atoms with E-state index in [0.29, 0.717) is 0 Å². The van der Waals surface area contributed by atoms with E-state index < -0.39 is 0 Å². The molecule has 0 spiro atoms. The van der Waals surface area contributed by atoms with Gasteiger partial charge in [0.25, 0.3) is 0 Å². The van der Waals surface area contributed by atoms with Gasteiger partial charge in [-0.15, -0.1) is 0 Å². The zero-order valence-electron chi connectivity index (χ0n) is 10.2. The zero-order valence-corrected chi connectivity index (χ0v) is 11.0. The highest BCUT2D eigenvalue weighted by molar-refractivity contribution is 6.30. The molecule has 0 aliphatic carbocycles. The second-order valence-corrected chi connectivity index (χ2v) is 5.90. The lowest BCUT2D eigenvalue weighted by Gasteiger charge is -2.43. The summed E-state index contributed by atoms with van der Waals surface area (Å²) in [6.07, 6.45) is 1.40. The van der Waals surface area contributed by atoms with Gasteiger partial charge in [-0.2, -0.15) is 0 Å². The molecule has 2 aliphatic rings. The van der Waals surface area contributed by atoms with Crippen LogP contribution in [0.25, 0.3) is 0 Å². The second-order valence-electron chi connectivity index (χ2n) is 5.46. The molecule has 0 amide bonds. The van der Waals surface area contributed by atoms with Crippen molar-refractivity contribution in [2.75, 3.05) is 31.1 Å². The Morgan fingerprint density at radius 1 is 1.24 bits per heavy atom. The van der Waals surface area contributed by atoms with Crippen molar-refractivity contribution in [1.82, 2.24) is 5.32 Å². The Kier molecular flexibility index (Phi) is 3.01. The Balaban J connectivity index is 1.84. The monoisotopic (exact) mass is 250 g/mol. The normalized spacial score (nSPS) is 28.2. The summed E-state index contributed by atoms with van der Waals surface area (Å²) in [5.74, 6) is 1.63. The van der Waals surface area contributed by atoms with Crippen LogP contribution in [0.4, 0.5) is 5.69 Å². The van der Waals surface area contributed by atoms with Gasteiger partial charge < -0.3 is 10.2 Å². The average molecular weight is 251 g/mol. The maximum Gasteiger partial charge on any atom is 0.0410 e. The minimum Gasteiger partial charge on any atom is -0.371 e. The predicted molar refractivity (Wildman–Crippen MR) is 72.9 cm³/mol. The van der Waals surface area contributed by atoms with Crippen molar-refractivity contribution in [3.05, 3.63) is 28.8 Å². The molecule has 0 radical (unpaired) electrons. The summed E-state index contributed by atoms with van der Waals surface area (Å²) in [6, 6.07) is 6.25. The average Bonchev–Trinajstić information content (AvgIpc) is 2.28. The molecule has 2 aliphatic heterocycles. The van der Waals surface area contributed by atoms with E-state index in [1.54, 1.807) is 0 Å². The number of benzene rings is 1. The van der Waals surface area contributed by atoms with Gasteiger partial charge in [-0.3, -0.25) is 0 Å². The minimum absolute atomic E-state index is 0.817. The summed E-state index contributed by atoms with van der Waals surface area (Å²) in [7, 11) is 0. The van der Waals surface area contributed by atoms with Crippen LogP contribution in [-0.2, 0) is 0 Å². The fourth-order valence-corrected chi connectivity index (χ4v) is 3.50. The molecule has 2 unspecified atom stereocenters. The summed E-state index contributed by atoms with van der Waals surface area (Å²) < 4.78 is 0. The smallest absolute Gasteiger partial charge is 0.0410 e. The van der Waals surface area contributed by atoms with Crippen LogP contribution in [-0.4, -0.2) is 26.2 Å². The van der Waals surface area contributed by atoms with Crippen LogP contribution in [0.3, 0.4) is 0 Å². The fraction of sp³-hybridized carbons (Fsp3) is 0.571. The Labute approximate surface area is 108 Å². The molecule has 0 saturated carbocycles. The third kappa shape index (κ3) is 2.29. The van der Waals surface area contributed by atoms with Crippen LogP contribution in [0.15, 0.2) is 18.2 Å². The third-order valence-corrected chi connectivity index (χ3v) is 4.22. The highest BCUT2D eigenvalue weighted by Gasteiger charge is 2.30. The molecule has 3 rings (SSSR count). The summed E-state index contributed by atoms with van der Waals surface area (Å²) >= 11 is 6.02. The van der Waals surface area contributed by atoms with Gasteiger partial charge in [-0.05, 0) is 62.0 Å². The van der Waals surface area contributed by atoms with E-state index in [-0.39, 0.29) is 0 Å². The molecule has 3 heteroatoms. The van der Waals surface area contributed by atoms with Crippen molar-refractivity contribution < 1.29 is 0 Å². The van der Waals surface area contributed by atoms with E-state index in [1.165, 1.54) is 43.9 Å². The van der Waals surface area contributed by atoms with E-state index in [0.717, 1.165) is 16.9 Å². The van der Waals surface area contributed by atoms with Crippen LogP contribution in [0.2, 0.25) is 5.02 Å². The largest absolute Gasteiger partial charge is 0.371 e. The van der Waals surface area contributed by atoms with Crippen molar-refractivity contribution in [1.29, 1.82) is 0 Å². The molecule has 0 aromatic heterocycles. The number of hydrogen-bond donors (Lipinski definition) is 1. The van der Waals surface area contributed by atoms with E-state index >= 15 is 0 Å². The van der Waals surface area contributed by atoms with Crippen molar-refractivity contribution in [3.8, 4) is 0 Å². The van der Waals surface area contributed by atoms with Crippen molar-refractivity contribution in [2.45, 2.75) is 13.3 Å². The van der Waals surface area contributed by atoms with Gasteiger partial charge in [-0.1, -0.05) is 11.6 Å². The lowest BCUT2D eigenvalue weighted by Crippen LogP contribution is -2.51. The number of nitrogens with one attached hydrogen (secondary N) is 1. The van der Waals surface area contributed by atoms with Gasteiger partial charge >= 0.3 is 0 Å². The minimum atomic E-state index is 0.817. The molecule has 1 aromatic rings. The van der Waals surface area contributed by atoms with Gasteiger partial charge in [0.15, 0.2) is 0 Å². The molecule has 1 aromatic carbocycles. The number of anilines is 1. The highest BCUT2D eigenvalue weighted by Crippen LogP contribution is 2.31. The molecular formula is C14H19ClN2. The van der Waals surface area contributed by atoms with Crippen LogP contribution < -0.4 is 10.2 Å². The first-order valence-electron chi connectivity index (χ1n) is 6.44. The van der Waals surface area contributed by atoms with Crippen molar-refractivity contribution in [3.63, 3.8) is 0 Å². The number of nitrogens with zero attached hydrogens (tertiary/aromatic N) is 1. The lowest BCUT2D eigenvalue weighted by molar-refractivity contribution is 0.249. The molecule has 17 heavy (non-hydrogen) atoms. The quantitative estimate of drug-likeness (QED) is 0.825. The van der Waals surface area contributed by atoms with Crippen LogP contribution in [0, 0.1) is 18.8 Å². The number of aryl methyl sites for hydroxylation is 1. The van der Waals surface area contributed by atoms with Crippen LogP contribution in [0.5, 0.6) is 0 Å². The molecule has 1 N–H and O–H groups in total. The third-order valence-electron chi connectivity index (χ3n) is 3.99. The first-order valence-corrected chi connectivity index (χ1v) is 6.82. The predicted octanol–water partition coefficient (Wildman–Crippen LogP) is 2.69. The number of hydrogen-bond acceptors (Lipinski definition) is 2. The number of piperidine rings is 2. The maximum absolute atomic E-state index is 6.02. The summed E-state index contributed by atoms with van der Waals surface area (Å²) in [5, 5.41) is 4.37. The van der Waals surface area contributed by atoms with E-state index in [1.807, 2.05) is 6.07 Å². The Bertz CT molecular complexity index is 407. The van der Waals surface area contributed by atoms with Crippen LogP contribution in [0.1, 0.15) is 12.0 Å². The van der Waals surface area contributed by atoms with Crippen LogP contribution >= 0.6 is 11.6 Å². The number of halogens is 1. The highest BCUT2D eigenvalue weighted by atomic mass is 35.5. The second kappa shape index (κ2) is 4.51. The van der Waals surface area contributed by atoms with Gasteiger partial charge in [0.05, 0.1) is 0 Å². The lowest BCUT2D eigenvalue weighted by atomic mass is 9.85. The summed E-state index contributed by atoms with van der Waals surface area (Å²) in [4.78, 5) is 2.55. The topological polar surface area (TPSA) is 15.3 Å². The SMILES string of the molecule is Cc1cc(Cl)ccc1N1CC2CNCC(C2)C1. The Hall–Kier alpha value is -0.730. The van der Waals surface area contributed by atoms with E-state index in [2.05, 4.69) is 29.3 Å². The molecule has 2 heterocycles. The number of rotatable bonds is 1. The molecule has 92 valence electrons. The molecule has 2 bridgehead atoms. The summed E-state index contributed by atoms with van der Waals surface area (Å²) in [6.45, 7) is 6.89.